The molecule has 1 aliphatic carbocycles. The standard InChI is InChI=1S/C20H29N5S/c1-21-19(25-13-14-26-20(15-25)10-5-2-6-11-20)22-12-9-18-23-16-7-3-4-8-17(16)24-18/h3-4,7-8H,2,5-6,9-15H2,1H3,(H,21,22)(H,23,24). The summed E-state index contributed by atoms with van der Waals surface area (Å²) < 4.78 is 0.465. The van der Waals surface area contributed by atoms with Gasteiger partial charge in [-0.25, -0.2) is 4.98 Å². The van der Waals surface area contributed by atoms with E-state index in [9.17, 15) is 0 Å². The third-order valence-electron chi connectivity index (χ3n) is 5.61. The lowest BCUT2D eigenvalue weighted by molar-refractivity contribution is 0.293. The number of benzene rings is 1. The second kappa shape index (κ2) is 7.91. The number of para-hydroxylation sites is 2. The molecule has 5 nitrogen and oxygen atoms in total. The van der Waals surface area contributed by atoms with Gasteiger partial charge in [0.25, 0.3) is 0 Å². The van der Waals surface area contributed by atoms with Gasteiger partial charge in [-0.1, -0.05) is 31.4 Å². The molecule has 2 heterocycles. The number of aromatic nitrogens is 2. The zero-order valence-corrected chi connectivity index (χ0v) is 16.4. The van der Waals surface area contributed by atoms with Crippen LogP contribution < -0.4 is 5.32 Å². The number of fused-ring (bicyclic) bond motifs is 1. The zero-order chi connectivity index (χ0) is 17.8. The summed E-state index contributed by atoms with van der Waals surface area (Å²) in [4.78, 5) is 15.1. The minimum absolute atomic E-state index is 0.465. The minimum atomic E-state index is 0.465. The first-order chi connectivity index (χ1) is 12.8. The van der Waals surface area contributed by atoms with Gasteiger partial charge in [0.1, 0.15) is 5.82 Å². The van der Waals surface area contributed by atoms with Crippen LogP contribution in [0.4, 0.5) is 0 Å². The summed E-state index contributed by atoms with van der Waals surface area (Å²) in [5.41, 5.74) is 2.15. The molecule has 2 aliphatic rings. The number of hydrogen-bond donors (Lipinski definition) is 2. The highest BCUT2D eigenvalue weighted by Crippen LogP contribution is 2.42. The second-order valence-corrected chi connectivity index (χ2v) is 9.00. The van der Waals surface area contributed by atoms with Crippen molar-refractivity contribution in [1.82, 2.24) is 20.2 Å². The molecule has 1 aromatic heterocycles. The number of H-pyrrole nitrogens is 1. The molecule has 2 N–H and O–H groups in total. The van der Waals surface area contributed by atoms with Gasteiger partial charge in [-0.15, -0.1) is 0 Å². The highest BCUT2D eigenvalue weighted by molar-refractivity contribution is 8.00. The van der Waals surface area contributed by atoms with Crippen LogP contribution >= 0.6 is 11.8 Å². The molecule has 4 rings (SSSR count). The molecule has 0 unspecified atom stereocenters. The van der Waals surface area contributed by atoms with Gasteiger partial charge in [0, 0.05) is 43.6 Å². The van der Waals surface area contributed by atoms with Crippen molar-refractivity contribution < 1.29 is 0 Å². The summed E-state index contributed by atoms with van der Waals surface area (Å²) in [5.74, 6) is 3.29. The maximum Gasteiger partial charge on any atom is 0.193 e. The third-order valence-corrected chi connectivity index (χ3v) is 7.14. The minimum Gasteiger partial charge on any atom is -0.356 e. The van der Waals surface area contributed by atoms with Crippen molar-refractivity contribution in [2.45, 2.75) is 43.3 Å². The first kappa shape index (κ1) is 17.7. The lowest BCUT2D eigenvalue weighted by atomic mass is 9.87. The van der Waals surface area contributed by atoms with Gasteiger partial charge in [-0.3, -0.25) is 4.99 Å². The summed E-state index contributed by atoms with van der Waals surface area (Å²) >= 11 is 2.20. The summed E-state index contributed by atoms with van der Waals surface area (Å²) in [6.45, 7) is 3.09. The van der Waals surface area contributed by atoms with E-state index in [1.165, 1.54) is 37.9 Å². The number of thioether (sulfide) groups is 1. The van der Waals surface area contributed by atoms with Crippen molar-refractivity contribution in [2.24, 2.45) is 4.99 Å². The first-order valence-corrected chi connectivity index (χ1v) is 10.8. The van der Waals surface area contributed by atoms with Crippen molar-refractivity contribution in [1.29, 1.82) is 0 Å². The number of hydrogen-bond acceptors (Lipinski definition) is 3. The van der Waals surface area contributed by atoms with E-state index in [1.807, 2.05) is 19.2 Å². The van der Waals surface area contributed by atoms with E-state index in [0.29, 0.717) is 4.75 Å². The van der Waals surface area contributed by atoms with Gasteiger partial charge in [-0.05, 0) is 25.0 Å². The third kappa shape index (κ3) is 3.85. The molecular formula is C20H29N5S. The van der Waals surface area contributed by atoms with E-state index < -0.39 is 0 Å². The molecule has 2 aromatic rings. The summed E-state index contributed by atoms with van der Waals surface area (Å²) in [6, 6.07) is 8.20. The van der Waals surface area contributed by atoms with Crippen molar-refractivity contribution in [3.8, 4) is 0 Å². The Balaban J connectivity index is 1.34. The molecule has 1 aromatic carbocycles. The molecule has 2 fully saturated rings. The lowest BCUT2D eigenvalue weighted by Gasteiger charge is -2.45. The number of aliphatic imine (C=N–C) groups is 1. The fourth-order valence-electron chi connectivity index (χ4n) is 4.27. The number of nitrogens with one attached hydrogen (secondary N) is 2. The maximum atomic E-state index is 4.66. The number of imidazole rings is 1. The molecule has 0 bridgehead atoms. The molecule has 140 valence electrons. The Morgan fingerprint density at radius 2 is 2.15 bits per heavy atom. The van der Waals surface area contributed by atoms with Crippen LogP contribution in [0.3, 0.4) is 0 Å². The van der Waals surface area contributed by atoms with Gasteiger partial charge in [0.15, 0.2) is 5.96 Å². The quantitative estimate of drug-likeness (QED) is 0.641. The number of aromatic amines is 1. The van der Waals surface area contributed by atoms with Crippen molar-refractivity contribution in [3.05, 3.63) is 30.1 Å². The maximum absolute atomic E-state index is 4.66. The van der Waals surface area contributed by atoms with Gasteiger partial charge in [0.2, 0.25) is 0 Å². The highest BCUT2D eigenvalue weighted by Gasteiger charge is 2.38. The summed E-state index contributed by atoms with van der Waals surface area (Å²) in [5, 5.41) is 3.56. The summed E-state index contributed by atoms with van der Waals surface area (Å²) in [7, 11) is 1.90. The molecule has 1 saturated carbocycles. The average molecular weight is 372 g/mol. The molecule has 1 aliphatic heterocycles. The van der Waals surface area contributed by atoms with E-state index >= 15 is 0 Å². The lowest BCUT2D eigenvalue weighted by Crippen LogP contribution is -2.53. The van der Waals surface area contributed by atoms with E-state index in [1.54, 1.807) is 0 Å². The van der Waals surface area contributed by atoms with Crippen LogP contribution in [0, 0.1) is 0 Å². The van der Waals surface area contributed by atoms with Crippen LogP contribution in [0.15, 0.2) is 29.3 Å². The van der Waals surface area contributed by atoms with Crippen molar-refractivity contribution in [2.75, 3.05) is 32.4 Å². The average Bonchev–Trinajstić information content (AvgIpc) is 3.09. The van der Waals surface area contributed by atoms with E-state index in [-0.39, 0.29) is 0 Å². The Morgan fingerprint density at radius 3 is 2.96 bits per heavy atom. The predicted molar refractivity (Wildman–Crippen MR) is 111 cm³/mol. The predicted octanol–water partition coefficient (Wildman–Crippen LogP) is 3.43. The Bertz CT molecular complexity index is 724. The van der Waals surface area contributed by atoms with Crippen LogP contribution in [0.2, 0.25) is 0 Å². The SMILES string of the molecule is CN=C(NCCc1nc2ccccc2[nH]1)N1CCSC2(CCCCC2)C1. The van der Waals surface area contributed by atoms with E-state index in [2.05, 4.69) is 49.1 Å². The second-order valence-electron chi connectivity index (χ2n) is 7.44. The zero-order valence-electron chi connectivity index (χ0n) is 15.6. The van der Waals surface area contributed by atoms with Crippen LogP contribution in [-0.4, -0.2) is 58.0 Å². The van der Waals surface area contributed by atoms with Gasteiger partial charge >= 0.3 is 0 Å². The normalized spacial score (nSPS) is 20.7. The van der Waals surface area contributed by atoms with Crippen LogP contribution in [0.25, 0.3) is 11.0 Å². The summed E-state index contributed by atoms with van der Waals surface area (Å²) in [6.07, 6.45) is 7.79. The smallest absolute Gasteiger partial charge is 0.193 e. The molecule has 6 heteroatoms. The van der Waals surface area contributed by atoms with E-state index in [4.69, 9.17) is 0 Å². The number of rotatable bonds is 3. The van der Waals surface area contributed by atoms with Crippen LogP contribution in [0.5, 0.6) is 0 Å². The number of nitrogens with zero attached hydrogens (tertiary/aromatic N) is 3. The molecule has 26 heavy (non-hydrogen) atoms. The fraction of sp³-hybridized carbons (Fsp3) is 0.600. The van der Waals surface area contributed by atoms with E-state index in [0.717, 1.165) is 48.9 Å². The molecule has 1 spiro atoms. The molecule has 0 radical (unpaired) electrons. The Hall–Kier alpha value is -1.69. The van der Waals surface area contributed by atoms with Gasteiger partial charge in [-0.2, -0.15) is 11.8 Å². The Kier molecular flexibility index (Phi) is 5.38. The first-order valence-electron chi connectivity index (χ1n) is 9.81. The molecular weight excluding hydrogens is 342 g/mol. The Labute approximate surface area is 160 Å². The van der Waals surface area contributed by atoms with Crippen molar-refractivity contribution >= 4 is 28.8 Å². The van der Waals surface area contributed by atoms with Gasteiger partial charge in [0.05, 0.1) is 11.0 Å². The van der Waals surface area contributed by atoms with Crippen LogP contribution in [-0.2, 0) is 6.42 Å². The highest BCUT2D eigenvalue weighted by atomic mass is 32.2. The van der Waals surface area contributed by atoms with Crippen molar-refractivity contribution in [3.63, 3.8) is 0 Å². The molecule has 0 atom stereocenters. The molecule has 1 saturated heterocycles. The number of guanidine groups is 1. The fourth-order valence-corrected chi connectivity index (χ4v) is 5.84. The largest absolute Gasteiger partial charge is 0.356 e. The Morgan fingerprint density at radius 1 is 1.31 bits per heavy atom. The van der Waals surface area contributed by atoms with Crippen LogP contribution in [0.1, 0.15) is 37.9 Å². The van der Waals surface area contributed by atoms with Gasteiger partial charge < -0.3 is 15.2 Å². The molecule has 0 amide bonds. The monoisotopic (exact) mass is 371 g/mol. The topological polar surface area (TPSA) is 56.3 Å².